The van der Waals surface area contributed by atoms with E-state index in [-0.39, 0.29) is 12.8 Å². The molecule has 2 aliphatic rings. The number of aryl methyl sites for hydroxylation is 1. The van der Waals surface area contributed by atoms with Crippen LogP contribution in [0.25, 0.3) is 0 Å². The average molecular weight is 634 g/mol. The molecule has 1 amide bonds. The van der Waals surface area contributed by atoms with Crippen LogP contribution < -0.4 is 0 Å². The van der Waals surface area contributed by atoms with Crippen LogP contribution >= 0.6 is 0 Å². The van der Waals surface area contributed by atoms with Gasteiger partial charge in [0.15, 0.2) is 15.2 Å². The van der Waals surface area contributed by atoms with Crippen LogP contribution in [-0.4, -0.2) is 58.5 Å². The first kappa shape index (κ1) is 36.1. The maximum Gasteiger partial charge on any atom is 0.328 e. The Labute approximate surface area is 265 Å². The zero-order chi connectivity index (χ0) is 32.2. The molecule has 0 unspecified atom stereocenters. The summed E-state index contributed by atoms with van der Waals surface area (Å²) in [6, 6.07) is 8.07. The molecule has 0 bridgehead atoms. The molecule has 0 aliphatic carbocycles. The summed E-state index contributed by atoms with van der Waals surface area (Å²) < 4.78 is 31.1. The van der Waals surface area contributed by atoms with Crippen molar-refractivity contribution in [3.05, 3.63) is 35.9 Å². The second-order valence-electron chi connectivity index (χ2n) is 13.3. The number of carboxylic acids is 1. The number of carbonyl (C=O) groups excluding carboxylic acids is 2. The molecule has 8 nitrogen and oxygen atoms in total. The highest BCUT2D eigenvalue weighted by molar-refractivity contribution is 7.93. The fourth-order valence-corrected chi connectivity index (χ4v) is 9.17. The third-order valence-electron chi connectivity index (χ3n) is 9.57. The lowest BCUT2D eigenvalue weighted by Gasteiger charge is -2.45. The average Bonchev–Trinajstić information content (AvgIpc) is 3.13. The zero-order valence-corrected chi connectivity index (χ0v) is 28.0. The normalized spacial score (nSPS) is 22.3. The lowest BCUT2D eigenvalue weighted by atomic mass is 9.85. The van der Waals surface area contributed by atoms with Crippen molar-refractivity contribution in [2.45, 2.75) is 159 Å². The number of nitrogens with zero attached hydrogens (tertiary/aromatic N) is 1. The minimum Gasteiger partial charge on any atom is -0.480 e. The van der Waals surface area contributed by atoms with Crippen molar-refractivity contribution in [3.8, 4) is 0 Å². The molecule has 0 saturated carbocycles. The maximum atomic E-state index is 13.4. The number of ether oxygens (including phenoxy) is 1. The number of carbonyl (C=O) groups is 3. The van der Waals surface area contributed by atoms with Gasteiger partial charge in [-0.2, -0.15) is 0 Å². The Morgan fingerprint density at radius 1 is 0.864 bits per heavy atom. The summed E-state index contributed by atoms with van der Waals surface area (Å²) in [5.41, 5.74) is 0.984. The number of carboxylic acid groups (broad SMARTS) is 1. The molecular formula is C35H55NO7S. The van der Waals surface area contributed by atoms with Gasteiger partial charge < -0.3 is 14.7 Å². The molecule has 1 aromatic rings. The Hall–Kier alpha value is -2.42. The van der Waals surface area contributed by atoms with Crippen molar-refractivity contribution < 1.29 is 32.6 Å². The molecule has 0 radical (unpaired) electrons. The first-order chi connectivity index (χ1) is 21.0. The molecular weight excluding hydrogens is 578 g/mol. The van der Waals surface area contributed by atoms with E-state index in [1.165, 1.54) is 84.5 Å². The molecule has 248 valence electrons. The second kappa shape index (κ2) is 17.3. The van der Waals surface area contributed by atoms with Gasteiger partial charge in [0.05, 0.1) is 4.75 Å². The lowest BCUT2D eigenvalue weighted by molar-refractivity contribution is -0.176. The van der Waals surface area contributed by atoms with Crippen LogP contribution in [0.4, 0.5) is 0 Å². The van der Waals surface area contributed by atoms with Crippen molar-refractivity contribution in [2.75, 3.05) is 0 Å². The van der Waals surface area contributed by atoms with Gasteiger partial charge >= 0.3 is 11.9 Å². The van der Waals surface area contributed by atoms with E-state index in [1.54, 1.807) is 0 Å². The Morgan fingerprint density at radius 3 is 1.86 bits per heavy atom. The van der Waals surface area contributed by atoms with E-state index in [0.717, 1.165) is 29.7 Å². The van der Waals surface area contributed by atoms with Crippen LogP contribution in [0.5, 0.6) is 0 Å². The second-order valence-corrected chi connectivity index (χ2v) is 15.9. The number of hydrogen-bond acceptors (Lipinski definition) is 6. The third-order valence-corrected chi connectivity index (χ3v) is 12.4. The molecule has 9 heteroatoms. The molecule has 1 N–H and O–H groups in total. The molecule has 3 rings (SSSR count). The van der Waals surface area contributed by atoms with Crippen molar-refractivity contribution in [3.63, 3.8) is 0 Å². The predicted octanol–water partition coefficient (Wildman–Crippen LogP) is 7.24. The van der Waals surface area contributed by atoms with E-state index in [1.807, 2.05) is 30.3 Å². The van der Waals surface area contributed by atoms with Crippen LogP contribution in [0, 0.1) is 5.92 Å². The van der Waals surface area contributed by atoms with Gasteiger partial charge in [0.25, 0.3) is 0 Å². The van der Waals surface area contributed by atoms with Crippen LogP contribution in [-0.2, 0) is 35.4 Å². The Bertz CT molecular complexity index is 1170. The van der Waals surface area contributed by atoms with Gasteiger partial charge in [-0.05, 0) is 38.7 Å². The third kappa shape index (κ3) is 9.07. The summed E-state index contributed by atoms with van der Waals surface area (Å²) in [6.07, 6.45) is 18.4. The van der Waals surface area contributed by atoms with E-state index >= 15 is 0 Å². The molecule has 4 atom stereocenters. The van der Waals surface area contributed by atoms with Crippen LogP contribution in [0.15, 0.2) is 30.3 Å². The molecule has 0 spiro atoms. The number of esters is 1. The van der Waals surface area contributed by atoms with Crippen molar-refractivity contribution in [1.29, 1.82) is 0 Å². The van der Waals surface area contributed by atoms with Crippen LogP contribution in [0.2, 0.25) is 0 Å². The van der Waals surface area contributed by atoms with Gasteiger partial charge in [-0.25, -0.2) is 13.2 Å². The molecule has 2 aliphatic heterocycles. The monoisotopic (exact) mass is 633 g/mol. The van der Waals surface area contributed by atoms with Gasteiger partial charge in [-0.15, -0.1) is 0 Å². The number of hydrogen-bond donors (Lipinski definition) is 1. The number of rotatable bonds is 22. The molecule has 2 fully saturated rings. The fraction of sp³-hybridized carbons (Fsp3) is 0.743. The quantitative estimate of drug-likeness (QED) is 0.0813. The molecule has 0 aromatic heterocycles. The minimum atomic E-state index is -4.02. The smallest absolute Gasteiger partial charge is 0.328 e. The molecule has 2 saturated heterocycles. The van der Waals surface area contributed by atoms with E-state index in [4.69, 9.17) is 4.74 Å². The van der Waals surface area contributed by atoms with Crippen molar-refractivity contribution in [2.24, 2.45) is 5.92 Å². The number of unbranched alkanes of at least 4 members (excludes halogenated alkanes) is 14. The van der Waals surface area contributed by atoms with E-state index in [0.29, 0.717) is 12.8 Å². The van der Waals surface area contributed by atoms with Crippen molar-refractivity contribution >= 4 is 27.7 Å². The maximum absolute atomic E-state index is 13.4. The largest absolute Gasteiger partial charge is 0.480 e. The lowest BCUT2D eigenvalue weighted by Crippen LogP contribution is -2.67. The SMILES string of the molecule is CCCCCCCCCCCCCCCCCC(=O)O[C@H](CCc1ccccc1)[C@@H]1C(=O)N2[C@@H](C(=O)O)C(C)(C)S(=O)(=O)[C@H]12. The number of amides is 1. The Kier molecular flexibility index (Phi) is 14.2. The number of fused-ring (bicyclic) bond motifs is 1. The first-order valence-electron chi connectivity index (χ1n) is 17.1. The standard InChI is InChI=1S/C35H55NO7S/c1-4-5-6-7-8-9-10-11-12-13-14-15-16-17-21-24-29(37)43-28(26-25-27-22-19-18-20-23-27)30-32(38)36-31(34(39)40)35(2,3)44(41,42)33(30)36/h18-20,22-23,28,30-31,33H,4-17,21,24-26H2,1-3H3,(H,39,40)/t28-,30-,31+,33-/m1/s1. The van der Waals surface area contributed by atoms with E-state index in [2.05, 4.69) is 6.92 Å². The van der Waals surface area contributed by atoms with Gasteiger partial charge in [0.2, 0.25) is 5.91 Å². The van der Waals surface area contributed by atoms with Gasteiger partial charge in [-0.1, -0.05) is 127 Å². The van der Waals surface area contributed by atoms with E-state index < -0.39 is 55.9 Å². The van der Waals surface area contributed by atoms with Crippen LogP contribution in [0.1, 0.15) is 135 Å². The summed E-state index contributed by atoms with van der Waals surface area (Å²) in [6.45, 7) is 4.95. The summed E-state index contributed by atoms with van der Waals surface area (Å²) >= 11 is 0. The summed E-state index contributed by atoms with van der Waals surface area (Å²) in [4.78, 5) is 39.1. The van der Waals surface area contributed by atoms with Gasteiger partial charge in [0.1, 0.15) is 18.1 Å². The summed E-state index contributed by atoms with van der Waals surface area (Å²) in [5, 5.41) is 8.46. The number of aliphatic carboxylic acids is 1. The minimum absolute atomic E-state index is 0.214. The first-order valence-corrected chi connectivity index (χ1v) is 18.6. The predicted molar refractivity (Wildman–Crippen MR) is 173 cm³/mol. The zero-order valence-electron chi connectivity index (χ0n) is 27.2. The van der Waals surface area contributed by atoms with Crippen LogP contribution in [0.3, 0.4) is 0 Å². The Morgan fingerprint density at radius 2 is 1.36 bits per heavy atom. The molecule has 2 heterocycles. The summed E-state index contributed by atoms with van der Waals surface area (Å²) in [7, 11) is -4.02. The molecule has 1 aromatic carbocycles. The highest BCUT2D eigenvalue weighted by atomic mass is 32.2. The van der Waals surface area contributed by atoms with Gasteiger partial charge in [0, 0.05) is 6.42 Å². The number of benzene rings is 1. The molecule has 44 heavy (non-hydrogen) atoms. The fourth-order valence-electron chi connectivity index (χ4n) is 6.82. The van der Waals surface area contributed by atoms with Crippen molar-refractivity contribution in [1.82, 2.24) is 4.90 Å². The van der Waals surface area contributed by atoms with Gasteiger partial charge in [-0.3, -0.25) is 9.59 Å². The summed E-state index contributed by atoms with van der Waals surface area (Å²) in [5.74, 6) is -3.46. The topological polar surface area (TPSA) is 118 Å². The highest BCUT2D eigenvalue weighted by Crippen LogP contribution is 2.50. The van der Waals surface area contributed by atoms with E-state index in [9.17, 15) is 27.9 Å². The highest BCUT2D eigenvalue weighted by Gasteiger charge is 2.73. The number of β-lactam (4-membered cyclic amide) rings is 1. The number of sulfone groups is 1. The Balaban J connectivity index is 1.43.